The normalized spacial score (nSPS) is 13.8. The van der Waals surface area contributed by atoms with Crippen LogP contribution in [0.2, 0.25) is 0 Å². The summed E-state index contributed by atoms with van der Waals surface area (Å²) in [5, 5.41) is 33.0. The van der Waals surface area contributed by atoms with Crippen LogP contribution in [0.15, 0.2) is 12.2 Å². The molecular weight excluding hydrogens is 546 g/mol. The highest BCUT2D eigenvalue weighted by atomic mass is 16.3. The van der Waals surface area contributed by atoms with E-state index >= 15 is 0 Å². The molecule has 0 radical (unpaired) electrons. The number of nitrogens with one attached hydrogen (secondary N) is 1. The third-order valence-electron chi connectivity index (χ3n) is 9.13. The Morgan fingerprint density at radius 3 is 1.25 bits per heavy atom. The van der Waals surface area contributed by atoms with Crippen LogP contribution in [0.25, 0.3) is 0 Å². The zero-order valence-corrected chi connectivity index (χ0v) is 29.6. The number of carbonyl (C=O) groups excluding carboxylic acids is 1. The SMILES string of the molecule is CCCCCCCCCCCCCCCCC/C=C/C(O)C(CO)NC(=O)C(O)CCCCCCCCCCCCCCC. The van der Waals surface area contributed by atoms with E-state index in [0.717, 1.165) is 32.1 Å². The van der Waals surface area contributed by atoms with Gasteiger partial charge in [-0.1, -0.05) is 199 Å². The average molecular weight is 624 g/mol. The van der Waals surface area contributed by atoms with E-state index in [2.05, 4.69) is 19.2 Å². The standard InChI is InChI=1S/C39H77NO4/c1-3-5-7-9-11-13-15-17-18-19-20-22-23-25-27-29-31-33-37(42)36(35-41)40-39(44)38(43)34-32-30-28-26-24-21-16-14-12-10-8-6-4-2/h31,33,36-38,41-43H,3-30,32,34-35H2,1-2H3,(H,40,44)/b33-31+. The van der Waals surface area contributed by atoms with Crippen LogP contribution in [0.3, 0.4) is 0 Å². The zero-order valence-electron chi connectivity index (χ0n) is 29.6. The Morgan fingerprint density at radius 1 is 0.545 bits per heavy atom. The highest BCUT2D eigenvalue weighted by Crippen LogP contribution is 2.15. The van der Waals surface area contributed by atoms with E-state index in [4.69, 9.17) is 0 Å². The molecule has 0 saturated heterocycles. The van der Waals surface area contributed by atoms with Crippen molar-refractivity contribution in [2.75, 3.05) is 6.61 Å². The van der Waals surface area contributed by atoms with Crippen LogP contribution in [-0.2, 0) is 4.79 Å². The van der Waals surface area contributed by atoms with E-state index in [9.17, 15) is 20.1 Å². The fourth-order valence-corrected chi connectivity index (χ4v) is 6.01. The van der Waals surface area contributed by atoms with Gasteiger partial charge >= 0.3 is 0 Å². The molecule has 3 unspecified atom stereocenters. The summed E-state index contributed by atoms with van der Waals surface area (Å²) in [6, 6.07) is -0.791. The molecule has 0 aromatic rings. The van der Waals surface area contributed by atoms with Crippen molar-refractivity contribution in [2.24, 2.45) is 0 Å². The smallest absolute Gasteiger partial charge is 0.249 e. The van der Waals surface area contributed by atoms with Gasteiger partial charge in [-0.3, -0.25) is 4.79 Å². The number of amides is 1. The number of hydrogen-bond acceptors (Lipinski definition) is 4. The molecule has 0 fully saturated rings. The molecule has 0 rings (SSSR count). The van der Waals surface area contributed by atoms with E-state index in [0.29, 0.717) is 6.42 Å². The molecule has 0 spiro atoms. The molecular formula is C39H77NO4. The van der Waals surface area contributed by atoms with E-state index in [1.54, 1.807) is 6.08 Å². The molecule has 3 atom stereocenters. The quantitative estimate of drug-likeness (QED) is 0.0418. The molecule has 0 aromatic carbocycles. The Hall–Kier alpha value is -0.910. The molecule has 0 aromatic heterocycles. The number of hydrogen-bond donors (Lipinski definition) is 4. The third-order valence-corrected chi connectivity index (χ3v) is 9.13. The van der Waals surface area contributed by atoms with Crippen molar-refractivity contribution >= 4 is 5.91 Å². The minimum atomic E-state index is -1.09. The van der Waals surface area contributed by atoms with Crippen molar-refractivity contribution in [3.63, 3.8) is 0 Å². The van der Waals surface area contributed by atoms with Gasteiger partial charge < -0.3 is 20.6 Å². The van der Waals surface area contributed by atoms with Crippen LogP contribution in [-0.4, -0.2) is 46.1 Å². The van der Waals surface area contributed by atoms with Crippen molar-refractivity contribution < 1.29 is 20.1 Å². The number of aliphatic hydroxyl groups is 3. The van der Waals surface area contributed by atoms with Crippen LogP contribution < -0.4 is 5.32 Å². The lowest BCUT2D eigenvalue weighted by molar-refractivity contribution is -0.131. The van der Waals surface area contributed by atoms with Gasteiger partial charge in [-0.15, -0.1) is 0 Å². The minimum absolute atomic E-state index is 0.359. The summed E-state index contributed by atoms with van der Waals surface area (Å²) in [4.78, 5) is 12.4. The van der Waals surface area contributed by atoms with Gasteiger partial charge in [0.2, 0.25) is 5.91 Å². The fourth-order valence-electron chi connectivity index (χ4n) is 6.01. The Labute approximate surface area is 274 Å². The molecule has 0 aliphatic heterocycles. The molecule has 262 valence electrons. The highest BCUT2D eigenvalue weighted by molar-refractivity contribution is 5.80. The Bertz CT molecular complexity index is 611. The molecule has 1 amide bonds. The van der Waals surface area contributed by atoms with Crippen LogP contribution in [0.4, 0.5) is 0 Å². The summed E-state index contributed by atoms with van der Waals surface area (Å²) < 4.78 is 0. The lowest BCUT2D eigenvalue weighted by Crippen LogP contribution is -2.48. The maximum absolute atomic E-state index is 12.4. The van der Waals surface area contributed by atoms with Crippen LogP contribution in [0.5, 0.6) is 0 Å². The number of rotatable bonds is 35. The first-order valence-corrected chi connectivity index (χ1v) is 19.5. The lowest BCUT2D eigenvalue weighted by atomic mass is 10.0. The van der Waals surface area contributed by atoms with Gasteiger partial charge in [0.25, 0.3) is 0 Å². The molecule has 44 heavy (non-hydrogen) atoms. The van der Waals surface area contributed by atoms with Crippen LogP contribution >= 0.6 is 0 Å². The van der Waals surface area contributed by atoms with E-state index in [1.165, 1.54) is 154 Å². The first-order valence-electron chi connectivity index (χ1n) is 19.5. The van der Waals surface area contributed by atoms with E-state index < -0.39 is 24.2 Å². The zero-order chi connectivity index (χ0) is 32.4. The van der Waals surface area contributed by atoms with Crippen LogP contribution in [0, 0.1) is 0 Å². The summed E-state index contributed by atoms with van der Waals surface area (Å²) in [7, 11) is 0. The highest BCUT2D eigenvalue weighted by Gasteiger charge is 2.22. The molecule has 4 N–H and O–H groups in total. The molecule has 0 aliphatic rings. The van der Waals surface area contributed by atoms with Crippen molar-refractivity contribution in [1.29, 1.82) is 0 Å². The molecule has 0 aliphatic carbocycles. The fraction of sp³-hybridized carbons (Fsp3) is 0.923. The predicted molar refractivity (Wildman–Crippen MR) is 190 cm³/mol. The summed E-state index contributed by atoms with van der Waals surface area (Å²) in [5.41, 5.74) is 0. The minimum Gasteiger partial charge on any atom is -0.394 e. The summed E-state index contributed by atoms with van der Waals surface area (Å²) in [6.07, 6.45) is 39.4. The van der Waals surface area contributed by atoms with Crippen molar-refractivity contribution in [1.82, 2.24) is 5.32 Å². The summed E-state index contributed by atoms with van der Waals surface area (Å²) >= 11 is 0. The van der Waals surface area contributed by atoms with Gasteiger partial charge in [0, 0.05) is 0 Å². The van der Waals surface area contributed by atoms with Crippen molar-refractivity contribution in [3.05, 3.63) is 12.2 Å². The second-order valence-electron chi connectivity index (χ2n) is 13.5. The van der Waals surface area contributed by atoms with Crippen molar-refractivity contribution in [3.8, 4) is 0 Å². The van der Waals surface area contributed by atoms with Gasteiger partial charge in [-0.25, -0.2) is 0 Å². The second kappa shape index (κ2) is 35.0. The maximum Gasteiger partial charge on any atom is 0.249 e. The Balaban J connectivity index is 3.70. The first-order chi connectivity index (χ1) is 21.6. The van der Waals surface area contributed by atoms with Gasteiger partial charge in [0.05, 0.1) is 18.8 Å². The Kier molecular flexibility index (Phi) is 34.2. The largest absolute Gasteiger partial charge is 0.394 e. The average Bonchev–Trinajstić information content (AvgIpc) is 3.03. The summed E-state index contributed by atoms with van der Waals surface area (Å²) in [6.45, 7) is 4.17. The molecule has 0 heterocycles. The molecule has 0 bridgehead atoms. The van der Waals surface area contributed by atoms with E-state index in [-0.39, 0.29) is 6.61 Å². The number of aliphatic hydroxyl groups excluding tert-OH is 3. The van der Waals surface area contributed by atoms with Crippen molar-refractivity contribution in [2.45, 2.75) is 225 Å². The molecule has 0 saturated carbocycles. The predicted octanol–water partition coefficient (Wildman–Crippen LogP) is 10.5. The summed E-state index contributed by atoms with van der Waals surface area (Å²) in [5.74, 6) is -0.502. The van der Waals surface area contributed by atoms with E-state index in [1.807, 2.05) is 6.08 Å². The van der Waals surface area contributed by atoms with Gasteiger partial charge in [0.15, 0.2) is 0 Å². The third kappa shape index (κ3) is 29.8. The Morgan fingerprint density at radius 2 is 0.886 bits per heavy atom. The van der Waals surface area contributed by atoms with Gasteiger partial charge in [-0.2, -0.15) is 0 Å². The topological polar surface area (TPSA) is 89.8 Å². The molecule has 5 heteroatoms. The second-order valence-corrected chi connectivity index (χ2v) is 13.5. The molecule has 5 nitrogen and oxygen atoms in total. The number of unbranched alkanes of at least 4 members (excludes halogenated alkanes) is 27. The van der Waals surface area contributed by atoms with Gasteiger partial charge in [0.1, 0.15) is 6.10 Å². The lowest BCUT2D eigenvalue weighted by Gasteiger charge is -2.21. The number of allylic oxidation sites excluding steroid dienone is 1. The van der Waals surface area contributed by atoms with Gasteiger partial charge in [-0.05, 0) is 19.3 Å². The number of carbonyl (C=O) groups is 1. The van der Waals surface area contributed by atoms with Crippen LogP contribution in [0.1, 0.15) is 206 Å². The first kappa shape index (κ1) is 43.1. The monoisotopic (exact) mass is 624 g/mol. The maximum atomic E-state index is 12.4.